The van der Waals surface area contributed by atoms with Crippen molar-refractivity contribution in [3.63, 3.8) is 0 Å². The summed E-state index contributed by atoms with van der Waals surface area (Å²) in [7, 11) is 0.436. The molecule has 1 aliphatic rings. The van der Waals surface area contributed by atoms with Crippen LogP contribution in [0.15, 0.2) is 24.3 Å². The smallest absolute Gasteiger partial charge is 0.256 e. The summed E-state index contributed by atoms with van der Waals surface area (Å²) in [5, 5.41) is 8.58. The molecule has 1 aromatic carbocycles. The predicted molar refractivity (Wildman–Crippen MR) is 116 cm³/mol. The third-order valence-corrected chi connectivity index (χ3v) is 5.93. The zero-order valence-electron chi connectivity index (χ0n) is 18.2. The van der Waals surface area contributed by atoms with Gasteiger partial charge in [0, 0.05) is 45.8 Å². The lowest BCUT2D eigenvalue weighted by atomic mass is 10.1. The molecular weight excluding hydrogens is 404 g/mol. The van der Waals surface area contributed by atoms with Crippen molar-refractivity contribution >= 4 is 21.6 Å². The molecule has 2 aromatic rings. The first-order valence-electron chi connectivity index (χ1n) is 10.0. The Labute approximate surface area is 178 Å². The molecule has 1 amide bonds. The number of para-hydroxylation sites is 1. The van der Waals surface area contributed by atoms with Crippen molar-refractivity contribution in [3.8, 4) is 0 Å². The largest absolute Gasteiger partial charge is 0.377 e. The van der Waals surface area contributed by atoms with Gasteiger partial charge in [0.15, 0.2) is 5.82 Å². The lowest BCUT2D eigenvalue weighted by Gasteiger charge is -2.24. The summed E-state index contributed by atoms with van der Waals surface area (Å²) in [5.41, 5.74) is 1.54. The maximum atomic E-state index is 13.2. The first-order valence-corrected chi connectivity index (χ1v) is 11.9. The second-order valence-electron chi connectivity index (χ2n) is 8.19. The van der Waals surface area contributed by atoms with Gasteiger partial charge in [0.05, 0.1) is 17.9 Å². The lowest BCUT2D eigenvalue weighted by molar-refractivity contribution is 0.0759. The van der Waals surface area contributed by atoms with Crippen molar-refractivity contribution < 1.29 is 13.2 Å². The number of fused-ring (bicyclic) bond motifs is 1. The van der Waals surface area contributed by atoms with Gasteiger partial charge >= 0.3 is 0 Å². The molecule has 164 valence electrons. The highest BCUT2D eigenvalue weighted by atomic mass is 32.2. The lowest BCUT2D eigenvalue weighted by Crippen LogP contribution is -2.35. The van der Waals surface area contributed by atoms with E-state index in [9.17, 15) is 13.2 Å². The number of carbonyl (C=O) groups excluding carboxylic acids is 1. The zero-order valence-corrected chi connectivity index (χ0v) is 19.0. The Morgan fingerprint density at radius 1 is 1.13 bits per heavy atom. The number of hydrogen-bond donors (Lipinski definition) is 1. The number of sulfonamides is 1. The molecule has 2 heterocycles. The molecule has 0 bridgehead atoms. The minimum Gasteiger partial charge on any atom is -0.377 e. The van der Waals surface area contributed by atoms with E-state index >= 15 is 0 Å². The van der Waals surface area contributed by atoms with Gasteiger partial charge < -0.3 is 14.4 Å². The number of aromatic nitrogens is 3. The van der Waals surface area contributed by atoms with Crippen molar-refractivity contribution in [1.29, 1.82) is 0 Å². The quantitative estimate of drug-likeness (QED) is 0.735. The molecular formula is C20H30N6O3S. The van der Waals surface area contributed by atoms with Crippen LogP contribution in [-0.4, -0.2) is 67.4 Å². The van der Waals surface area contributed by atoms with E-state index in [0.29, 0.717) is 37.4 Å². The van der Waals surface area contributed by atoms with E-state index in [1.54, 1.807) is 0 Å². The van der Waals surface area contributed by atoms with Crippen molar-refractivity contribution in [2.75, 3.05) is 38.3 Å². The summed E-state index contributed by atoms with van der Waals surface area (Å²) in [4.78, 5) is 17.0. The van der Waals surface area contributed by atoms with Crippen LogP contribution in [0.5, 0.6) is 0 Å². The molecule has 0 spiro atoms. The Kier molecular flexibility index (Phi) is 6.47. The van der Waals surface area contributed by atoms with Gasteiger partial charge in [-0.3, -0.25) is 4.79 Å². The van der Waals surface area contributed by atoms with Gasteiger partial charge in [-0.25, -0.2) is 13.1 Å². The maximum absolute atomic E-state index is 13.2. The van der Waals surface area contributed by atoms with E-state index < -0.39 is 16.1 Å². The highest BCUT2D eigenvalue weighted by molar-refractivity contribution is 7.88. The van der Waals surface area contributed by atoms with Crippen LogP contribution in [0.25, 0.3) is 0 Å². The Balaban J connectivity index is 1.84. The molecule has 30 heavy (non-hydrogen) atoms. The van der Waals surface area contributed by atoms with E-state index in [2.05, 4.69) is 14.9 Å². The fourth-order valence-corrected chi connectivity index (χ4v) is 4.55. The van der Waals surface area contributed by atoms with Crippen LogP contribution in [-0.2, 0) is 23.0 Å². The molecule has 1 atom stereocenters. The number of anilines is 1. The van der Waals surface area contributed by atoms with Crippen LogP contribution in [0.3, 0.4) is 0 Å². The van der Waals surface area contributed by atoms with E-state index in [-0.39, 0.29) is 11.8 Å². The average molecular weight is 435 g/mol. The number of amides is 1. The monoisotopic (exact) mass is 434 g/mol. The van der Waals surface area contributed by atoms with Gasteiger partial charge in [-0.05, 0) is 18.1 Å². The number of benzene rings is 1. The second kappa shape index (κ2) is 8.73. The Morgan fingerprint density at radius 2 is 1.83 bits per heavy atom. The van der Waals surface area contributed by atoms with Crippen LogP contribution in [0.1, 0.15) is 41.9 Å². The number of nitrogens with zero attached hydrogens (tertiary/aromatic N) is 5. The molecule has 9 nitrogen and oxygen atoms in total. The molecule has 10 heteroatoms. The van der Waals surface area contributed by atoms with E-state index in [4.69, 9.17) is 0 Å². The topological polar surface area (TPSA) is 100 Å². The van der Waals surface area contributed by atoms with Crippen LogP contribution < -0.4 is 9.62 Å². The summed E-state index contributed by atoms with van der Waals surface area (Å²) < 4.78 is 28.3. The highest BCUT2D eigenvalue weighted by Crippen LogP contribution is 2.25. The molecule has 0 radical (unpaired) electrons. The molecule has 0 saturated carbocycles. The molecule has 0 aliphatic carbocycles. The van der Waals surface area contributed by atoms with Gasteiger partial charge in [0.1, 0.15) is 5.82 Å². The third-order valence-electron chi connectivity index (χ3n) is 5.24. The molecule has 1 N–H and O–H groups in total. The molecule has 0 saturated heterocycles. The minimum atomic E-state index is -3.40. The van der Waals surface area contributed by atoms with E-state index in [1.807, 2.05) is 66.6 Å². The molecule has 1 aromatic heterocycles. The summed E-state index contributed by atoms with van der Waals surface area (Å²) in [6.07, 6.45) is 1.71. The summed E-state index contributed by atoms with van der Waals surface area (Å²) in [6.45, 7) is 5.43. The van der Waals surface area contributed by atoms with Crippen molar-refractivity contribution in [2.24, 2.45) is 5.92 Å². The Bertz CT molecular complexity index is 1020. The van der Waals surface area contributed by atoms with Crippen LogP contribution in [0, 0.1) is 5.92 Å². The van der Waals surface area contributed by atoms with Gasteiger partial charge in [-0.2, -0.15) is 0 Å². The minimum absolute atomic E-state index is 0.000909. The number of rotatable bonds is 6. The van der Waals surface area contributed by atoms with Crippen molar-refractivity contribution in [2.45, 2.75) is 32.9 Å². The summed E-state index contributed by atoms with van der Waals surface area (Å²) in [5.74, 6) is 1.34. The number of hydrogen-bond acceptors (Lipinski definition) is 6. The molecule has 3 rings (SSSR count). The van der Waals surface area contributed by atoms with Crippen LogP contribution in [0.2, 0.25) is 0 Å². The molecule has 0 fully saturated rings. The van der Waals surface area contributed by atoms with E-state index in [0.717, 1.165) is 17.8 Å². The first-order chi connectivity index (χ1) is 14.1. The van der Waals surface area contributed by atoms with Crippen LogP contribution in [0.4, 0.5) is 5.69 Å². The van der Waals surface area contributed by atoms with Gasteiger partial charge in [-0.15, -0.1) is 10.2 Å². The summed E-state index contributed by atoms with van der Waals surface area (Å²) >= 11 is 0. The SMILES string of the molecule is CC(C)[C@H](NS(C)(=O)=O)c1nnc2n1CCN(C(=O)c1ccccc1N(C)C)CC2. The summed E-state index contributed by atoms with van der Waals surface area (Å²) in [6, 6.07) is 7.09. The number of carbonyl (C=O) groups is 1. The van der Waals surface area contributed by atoms with Gasteiger partial charge in [0.2, 0.25) is 10.0 Å². The second-order valence-corrected chi connectivity index (χ2v) is 9.97. The Morgan fingerprint density at radius 3 is 2.47 bits per heavy atom. The third kappa shape index (κ3) is 4.81. The fourth-order valence-electron chi connectivity index (χ4n) is 3.71. The highest BCUT2D eigenvalue weighted by Gasteiger charge is 2.29. The van der Waals surface area contributed by atoms with Crippen molar-refractivity contribution in [3.05, 3.63) is 41.5 Å². The number of nitrogens with one attached hydrogen (secondary N) is 1. The maximum Gasteiger partial charge on any atom is 0.256 e. The first kappa shape index (κ1) is 22.2. The van der Waals surface area contributed by atoms with Crippen molar-refractivity contribution in [1.82, 2.24) is 24.4 Å². The fraction of sp³-hybridized carbons (Fsp3) is 0.550. The van der Waals surface area contributed by atoms with E-state index in [1.165, 1.54) is 0 Å². The Hall–Kier alpha value is -2.46. The van der Waals surface area contributed by atoms with Crippen LogP contribution >= 0.6 is 0 Å². The van der Waals surface area contributed by atoms with Gasteiger partial charge in [-0.1, -0.05) is 26.0 Å². The van der Waals surface area contributed by atoms with Gasteiger partial charge in [0.25, 0.3) is 5.91 Å². The molecule has 1 aliphatic heterocycles. The standard InChI is InChI=1S/C20H30N6O3S/c1-14(2)18(23-30(5,28)29)19-22-21-17-10-11-25(12-13-26(17)19)20(27)15-8-6-7-9-16(15)24(3)4/h6-9,14,18,23H,10-13H2,1-5H3/t18-/m0/s1. The zero-order chi connectivity index (χ0) is 22.1. The molecule has 0 unspecified atom stereocenters. The normalized spacial score (nSPS) is 15.6. The predicted octanol–water partition coefficient (Wildman–Crippen LogP) is 1.29. The average Bonchev–Trinajstić information content (AvgIpc) is 2.95.